The van der Waals surface area contributed by atoms with Gasteiger partial charge in [0.2, 0.25) is 0 Å². The fraction of sp³-hybridized carbons (Fsp3) is 0.632. The Hall–Kier alpha value is -1.39. The Labute approximate surface area is 138 Å². The predicted octanol–water partition coefficient (Wildman–Crippen LogP) is 3.21. The third-order valence-electron chi connectivity index (χ3n) is 4.86. The number of carbonyl (C=O) groups is 1. The van der Waals surface area contributed by atoms with Gasteiger partial charge in [-0.1, -0.05) is 32.9 Å². The first-order chi connectivity index (χ1) is 10.9. The third-order valence-corrected chi connectivity index (χ3v) is 4.86. The number of rotatable bonds is 2. The molecule has 23 heavy (non-hydrogen) atoms. The van der Waals surface area contributed by atoms with E-state index in [2.05, 4.69) is 32.9 Å². The lowest BCUT2D eigenvalue weighted by Crippen LogP contribution is -2.41. The normalized spacial score (nSPS) is 20.9. The lowest BCUT2D eigenvalue weighted by molar-refractivity contribution is -0.0956. The van der Waals surface area contributed by atoms with Crippen LogP contribution in [0.3, 0.4) is 0 Å². The summed E-state index contributed by atoms with van der Waals surface area (Å²) in [4.78, 5) is 14.6. The zero-order valence-corrected chi connectivity index (χ0v) is 14.4. The van der Waals surface area contributed by atoms with E-state index in [9.17, 15) is 4.79 Å². The molecule has 0 aromatic heterocycles. The molecule has 2 aliphatic heterocycles. The summed E-state index contributed by atoms with van der Waals surface area (Å²) >= 11 is 0. The van der Waals surface area contributed by atoms with Crippen LogP contribution in [0, 0.1) is 5.92 Å². The average molecular weight is 317 g/mol. The van der Waals surface area contributed by atoms with Crippen LogP contribution in [-0.2, 0) is 14.9 Å². The number of carbonyl (C=O) groups excluding carboxylic acids is 1. The van der Waals surface area contributed by atoms with Crippen LogP contribution < -0.4 is 0 Å². The van der Waals surface area contributed by atoms with E-state index in [0.717, 1.165) is 31.5 Å². The van der Waals surface area contributed by atoms with Gasteiger partial charge in [-0.2, -0.15) is 0 Å². The van der Waals surface area contributed by atoms with E-state index in [0.29, 0.717) is 19.1 Å². The Morgan fingerprint density at radius 3 is 2.13 bits per heavy atom. The second-order valence-electron chi connectivity index (χ2n) is 7.57. The molecule has 1 amide bonds. The van der Waals surface area contributed by atoms with Crippen molar-refractivity contribution < 1.29 is 14.3 Å². The summed E-state index contributed by atoms with van der Waals surface area (Å²) in [5.41, 5.74) is 2.15. The maximum Gasteiger partial charge on any atom is 0.253 e. The molecule has 0 saturated carbocycles. The molecule has 0 unspecified atom stereocenters. The van der Waals surface area contributed by atoms with Gasteiger partial charge in [-0.15, -0.1) is 0 Å². The minimum Gasteiger partial charge on any atom is -0.350 e. The molecule has 0 spiro atoms. The van der Waals surface area contributed by atoms with Crippen LogP contribution in [0.2, 0.25) is 0 Å². The summed E-state index contributed by atoms with van der Waals surface area (Å²) in [6.45, 7) is 9.51. The Bertz CT molecular complexity index is 533. The van der Waals surface area contributed by atoms with Crippen LogP contribution in [0.15, 0.2) is 24.3 Å². The quantitative estimate of drug-likeness (QED) is 0.841. The molecule has 2 saturated heterocycles. The topological polar surface area (TPSA) is 38.8 Å². The van der Waals surface area contributed by atoms with Crippen LogP contribution in [0.4, 0.5) is 0 Å². The maximum absolute atomic E-state index is 12.7. The largest absolute Gasteiger partial charge is 0.350 e. The van der Waals surface area contributed by atoms with Crippen LogP contribution in [-0.4, -0.2) is 43.4 Å². The first-order valence-electron chi connectivity index (χ1n) is 8.58. The molecule has 1 aromatic rings. The number of hydrogen-bond acceptors (Lipinski definition) is 3. The second kappa shape index (κ2) is 6.62. The first-order valence-corrected chi connectivity index (χ1v) is 8.58. The number of amides is 1. The van der Waals surface area contributed by atoms with E-state index >= 15 is 0 Å². The van der Waals surface area contributed by atoms with Crippen molar-refractivity contribution in [1.82, 2.24) is 4.90 Å². The van der Waals surface area contributed by atoms with Gasteiger partial charge in [0.1, 0.15) is 0 Å². The van der Waals surface area contributed by atoms with Crippen molar-refractivity contribution in [3.05, 3.63) is 35.4 Å². The summed E-state index contributed by atoms with van der Waals surface area (Å²) < 4.78 is 11.2. The van der Waals surface area contributed by atoms with Crippen molar-refractivity contribution in [3.63, 3.8) is 0 Å². The van der Waals surface area contributed by atoms with Gasteiger partial charge in [0.15, 0.2) is 6.29 Å². The molecule has 2 aliphatic rings. The van der Waals surface area contributed by atoms with Gasteiger partial charge >= 0.3 is 0 Å². The standard InChI is InChI=1S/C19H27NO3/c1-19(2,3)16-6-4-14(5-7-16)17(21)20-10-8-15(9-11-20)18-22-12-13-23-18/h4-7,15,18H,8-13H2,1-3H3. The van der Waals surface area contributed by atoms with Gasteiger partial charge < -0.3 is 14.4 Å². The minimum absolute atomic E-state index is 0.0571. The molecule has 1 aromatic carbocycles. The lowest BCUT2D eigenvalue weighted by Gasteiger charge is -2.34. The Morgan fingerprint density at radius 2 is 1.61 bits per heavy atom. The molecular formula is C19H27NO3. The van der Waals surface area contributed by atoms with Crippen molar-refractivity contribution >= 4 is 5.91 Å². The highest BCUT2D eigenvalue weighted by Crippen LogP contribution is 2.27. The second-order valence-corrected chi connectivity index (χ2v) is 7.57. The molecule has 0 bridgehead atoms. The fourth-order valence-electron chi connectivity index (χ4n) is 3.32. The number of piperidine rings is 1. The summed E-state index contributed by atoms with van der Waals surface area (Å²) in [5.74, 6) is 0.557. The van der Waals surface area contributed by atoms with Crippen molar-refractivity contribution in [1.29, 1.82) is 0 Å². The zero-order chi connectivity index (χ0) is 16.4. The molecule has 0 N–H and O–H groups in total. The van der Waals surface area contributed by atoms with Crippen molar-refractivity contribution in [2.24, 2.45) is 5.92 Å². The van der Waals surface area contributed by atoms with E-state index < -0.39 is 0 Å². The van der Waals surface area contributed by atoms with Gasteiger partial charge in [0.25, 0.3) is 5.91 Å². The number of ether oxygens (including phenoxy) is 2. The smallest absolute Gasteiger partial charge is 0.253 e. The Kier molecular flexibility index (Phi) is 4.74. The van der Waals surface area contributed by atoms with E-state index in [1.54, 1.807) is 0 Å². The molecule has 0 aliphatic carbocycles. The maximum atomic E-state index is 12.7. The van der Waals surface area contributed by atoms with Crippen LogP contribution in [0.25, 0.3) is 0 Å². The van der Waals surface area contributed by atoms with Gasteiger partial charge in [-0.3, -0.25) is 4.79 Å². The molecule has 3 rings (SSSR count). The minimum atomic E-state index is -0.0571. The van der Waals surface area contributed by atoms with E-state index in [-0.39, 0.29) is 17.6 Å². The van der Waals surface area contributed by atoms with Crippen molar-refractivity contribution in [2.75, 3.05) is 26.3 Å². The molecule has 4 nitrogen and oxygen atoms in total. The van der Waals surface area contributed by atoms with Gasteiger partial charge in [-0.05, 0) is 36.0 Å². The molecule has 0 atom stereocenters. The van der Waals surface area contributed by atoms with Crippen LogP contribution in [0.5, 0.6) is 0 Å². The Balaban J connectivity index is 1.58. The van der Waals surface area contributed by atoms with Crippen molar-refractivity contribution in [2.45, 2.75) is 45.3 Å². The summed E-state index contributed by atoms with van der Waals surface area (Å²) in [6, 6.07) is 8.05. The summed E-state index contributed by atoms with van der Waals surface area (Å²) in [5, 5.41) is 0. The summed E-state index contributed by atoms with van der Waals surface area (Å²) in [6.07, 6.45) is 1.85. The van der Waals surface area contributed by atoms with Crippen LogP contribution >= 0.6 is 0 Å². The lowest BCUT2D eigenvalue weighted by atomic mass is 9.86. The molecule has 0 radical (unpaired) electrons. The molecule has 2 heterocycles. The SMILES string of the molecule is CC(C)(C)c1ccc(C(=O)N2CCC(C3OCCO3)CC2)cc1. The average Bonchev–Trinajstić information content (AvgIpc) is 3.08. The highest BCUT2D eigenvalue weighted by molar-refractivity contribution is 5.94. The van der Waals surface area contributed by atoms with E-state index in [1.807, 2.05) is 17.0 Å². The van der Waals surface area contributed by atoms with Gasteiger partial charge in [-0.25, -0.2) is 0 Å². The third kappa shape index (κ3) is 3.75. The van der Waals surface area contributed by atoms with Gasteiger partial charge in [0.05, 0.1) is 13.2 Å². The van der Waals surface area contributed by atoms with Crippen molar-refractivity contribution in [3.8, 4) is 0 Å². The molecular weight excluding hydrogens is 290 g/mol. The molecule has 4 heteroatoms. The number of hydrogen-bond donors (Lipinski definition) is 0. The number of nitrogens with zero attached hydrogens (tertiary/aromatic N) is 1. The predicted molar refractivity (Wildman–Crippen MR) is 89.5 cm³/mol. The zero-order valence-electron chi connectivity index (χ0n) is 14.4. The van der Waals surface area contributed by atoms with E-state index in [1.165, 1.54) is 5.56 Å². The number of likely N-dealkylation sites (tertiary alicyclic amines) is 1. The Morgan fingerprint density at radius 1 is 1.04 bits per heavy atom. The molecule has 126 valence electrons. The first kappa shape index (κ1) is 16.5. The fourth-order valence-corrected chi connectivity index (χ4v) is 3.32. The summed E-state index contributed by atoms with van der Waals surface area (Å²) in [7, 11) is 0. The monoisotopic (exact) mass is 317 g/mol. The molecule has 2 fully saturated rings. The van der Waals surface area contributed by atoms with E-state index in [4.69, 9.17) is 9.47 Å². The van der Waals surface area contributed by atoms with Gasteiger partial charge in [0, 0.05) is 24.6 Å². The number of benzene rings is 1. The highest BCUT2D eigenvalue weighted by atomic mass is 16.7. The van der Waals surface area contributed by atoms with Crippen LogP contribution in [0.1, 0.15) is 49.5 Å². The highest BCUT2D eigenvalue weighted by Gasteiger charge is 2.32.